The molecular weight excluding hydrogens is 330 g/mol. The Labute approximate surface area is 154 Å². The maximum absolute atomic E-state index is 11.4. The second-order valence-electron chi connectivity index (χ2n) is 6.93. The minimum atomic E-state index is -0.194. The van der Waals surface area contributed by atoms with Crippen molar-refractivity contribution in [3.63, 3.8) is 0 Å². The van der Waals surface area contributed by atoms with Gasteiger partial charge in [0, 0.05) is 38.8 Å². The van der Waals surface area contributed by atoms with Crippen molar-refractivity contribution in [2.45, 2.75) is 44.6 Å². The van der Waals surface area contributed by atoms with Gasteiger partial charge in [0.25, 0.3) is 0 Å². The van der Waals surface area contributed by atoms with E-state index in [1.165, 1.54) is 0 Å². The predicted octanol–water partition coefficient (Wildman–Crippen LogP) is 2.86. The lowest BCUT2D eigenvalue weighted by Crippen LogP contribution is -2.44. The summed E-state index contributed by atoms with van der Waals surface area (Å²) in [6.45, 7) is 5.11. The Kier molecular flexibility index (Phi) is 5.89. The van der Waals surface area contributed by atoms with Crippen molar-refractivity contribution < 1.29 is 14.4 Å². The zero-order chi connectivity index (χ0) is 18.4. The highest BCUT2D eigenvalue weighted by Gasteiger charge is 2.42. The van der Waals surface area contributed by atoms with E-state index >= 15 is 0 Å². The maximum Gasteiger partial charge on any atom is 0.305 e. The van der Waals surface area contributed by atoms with E-state index in [4.69, 9.17) is 14.8 Å². The Bertz CT molecular complexity index is 698. The van der Waals surface area contributed by atoms with Gasteiger partial charge in [-0.25, -0.2) is 0 Å². The molecule has 0 unspecified atom stereocenters. The number of carbonyl (C=O) groups excluding carboxylic acids is 1. The number of nitrogens with zero attached hydrogens (tertiary/aromatic N) is 3. The molecule has 0 bridgehead atoms. The molecular formula is C20H25N3O3. The van der Waals surface area contributed by atoms with Crippen LogP contribution in [-0.2, 0) is 14.4 Å². The summed E-state index contributed by atoms with van der Waals surface area (Å²) in [5.74, 6) is -0.111. The Balaban J connectivity index is 1.45. The van der Waals surface area contributed by atoms with E-state index in [0.29, 0.717) is 18.6 Å². The lowest BCUT2D eigenvalue weighted by Gasteiger charge is -2.37. The molecule has 1 saturated heterocycles. The van der Waals surface area contributed by atoms with Crippen LogP contribution in [-0.4, -0.2) is 48.4 Å². The number of oxime groups is 1. The molecule has 1 aromatic rings. The number of ether oxygens (including phenoxy) is 1. The van der Waals surface area contributed by atoms with Crippen LogP contribution in [0.4, 0.5) is 0 Å². The fraction of sp³-hybridized carbons (Fsp3) is 0.550. The van der Waals surface area contributed by atoms with Crippen LogP contribution in [0.25, 0.3) is 0 Å². The van der Waals surface area contributed by atoms with E-state index in [1.807, 2.05) is 31.2 Å². The van der Waals surface area contributed by atoms with Crippen LogP contribution in [0.15, 0.2) is 29.4 Å². The first-order valence-corrected chi connectivity index (χ1v) is 9.28. The lowest BCUT2D eigenvalue weighted by atomic mass is 9.85. The fourth-order valence-corrected chi connectivity index (χ4v) is 3.55. The first kappa shape index (κ1) is 18.4. The molecule has 0 amide bonds. The van der Waals surface area contributed by atoms with E-state index < -0.39 is 0 Å². The summed E-state index contributed by atoms with van der Waals surface area (Å²) in [4.78, 5) is 19.6. The lowest BCUT2D eigenvalue weighted by molar-refractivity contribution is -0.143. The number of carbonyl (C=O) groups is 1. The van der Waals surface area contributed by atoms with Crippen molar-refractivity contribution in [1.82, 2.24) is 4.90 Å². The number of esters is 1. The van der Waals surface area contributed by atoms with Crippen LogP contribution >= 0.6 is 0 Å². The summed E-state index contributed by atoms with van der Waals surface area (Å²) in [7, 11) is 0. The molecule has 6 nitrogen and oxygen atoms in total. The van der Waals surface area contributed by atoms with Crippen LogP contribution in [0, 0.1) is 11.3 Å². The normalized spacial score (nSPS) is 18.8. The Morgan fingerprint density at radius 3 is 2.73 bits per heavy atom. The van der Waals surface area contributed by atoms with Crippen LogP contribution in [0.3, 0.4) is 0 Å². The number of piperidine rings is 1. The zero-order valence-electron chi connectivity index (χ0n) is 15.2. The molecule has 1 spiro atoms. The second kappa shape index (κ2) is 8.33. The van der Waals surface area contributed by atoms with Crippen molar-refractivity contribution in [3.05, 3.63) is 35.4 Å². The highest BCUT2D eigenvalue weighted by atomic mass is 16.7. The molecule has 26 heavy (non-hydrogen) atoms. The molecule has 6 heteroatoms. The van der Waals surface area contributed by atoms with Gasteiger partial charge in [-0.2, -0.15) is 5.26 Å². The molecule has 0 atom stereocenters. The molecule has 3 rings (SSSR count). The minimum Gasteiger partial charge on any atom is -0.466 e. The van der Waals surface area contributed by atoms with Gasteiger partial charge in [-0.15, -0.1) is 0 Å². The molecule has 1 aromatic carbocycles. The standard InChI is InChI=1S/C20H25N3O3/c1-2-25-19(24)4-3-11-23-12-9-20(10-13-23)14-18(22-26-20)17-7-5-16(15-21)6-8-17/h5-8H,2-4,9-14H2,1H3. The number of likely N-dealkylation sites (tertiary alicyclic amines) is 1. The summed E-state index contributed by atoms with van der Waals surface area (Å²) < 4.78 is 4.97. The third-order valence-electron chi connectivity index (χ3n) is 5.11. The summed E-state index contributed by atoms with van der Waals surface area (Å²) >= 11 is 0. The summed E-state index contributed by atoms with van der Waals surface area (Å²) in [6.07, 6.45) is 4.01. The highest BCUT2D eigenvalue weighted by Crippen LogP contribution is 2.36. The van der Waals surface area contributed by atoms with E-state index in [-0.39, 0.29) is 11.6 Å². The molecule has 2 heterocycles. The topological polar surface area (TPSA) is 74.9 Å². The van der Waals surface area contributed by atoms with E-state index in [9.17, 15) is 4.79 Å². The van der Waals surface area contributed by atoms with Crippen LogP contribution in [0.1, 0.15) is 50.2 Å². The summed E-state index contributed by atoms with van der Waals surface area (Å²) in [5.41, 5.74) is 2.45. The summed E-state index contributed by atoms with van der Waals surface area (Å²) in [6, 6.07) is 9.63. The average Bonchev–Trinajstić information content (AvgIpc) is 3.08. The zero-order valence-corrected chi connectivity index (χ0v) is 15.2. The van der Waals surface area contributed by atoms with Crippen molar-refractivity contribution >= 4 is 11.7 Å². The van der Waals surface area contributed by atoms with Crippen molar-refractivity contribution in [3.8, 4) is 6.07 Å². The smallest absolute Gasteiger partial charge is 0.305 e. The minimum absolute atomic E-state index is 0.111. The molecule has 1 fully saturated rings. The first-order valence-electron chi connectivity index (χ1n) is 9.28. The number of hydrogen-bond donors (Lipinski definition) is 0. The maximum atomic E-state index is 11.4. The highest BCUT2D eigenvalue weighted by molar-refractivity contribution is 6.01. The Morgan fingerprint density at radius 1 is 1.35 bits per heavy atom. The first-order chi connectivity index (χ1) is 12.6. The largest absolute Gasteiger partial charge is 0.466 e. The van der Waals surface area contributed by atoms with E-state index in [2.05, 4.69) is 16.1 Å². The van der Waals surface area contributed by atoms with Crippen LogP contribution in [0.5, 0.6) is 0 Å². The predicted molar refractivity (Wildman–Crippen MR) is 97.7 cm³/mol. The van der Waals surface area contributed by atoms with Gasteiger partial charge in [-0.05, 0) is 37.6 Å². The molecule has 138 valence electrons. The van der Waals surface area contributed by atoms with Gasteiger partial charge in [0.2, 0.25) is 0 Å². The van der Waals surface area contributed by atoms with Gasteiger partial charge in [-0.3, -0.25) is 4.79 Å². The average molecular weight is 355 g/mol. The van der Waals surface area contributed by atoms with E-state index in [1.54, 1.807) is 0 Å². The number of benzene rings is 1. The molecule has 0 aromatic heterocycles. The second-order valence-corrected chi connectivity index (χ2v) is 6.93. The van der Waals surface area contributed by atoms with Crippen molar-refractivity contribution in [2.75, 3.05) is 26.2 Å². The van der Waals surface area contributed by atoms with Crippen molar-refractivity contribution in [1.29, 1.82) is 5.26 Å². The number of rotatable bonds is 6. The van der Waals surface area contributed by atoms with Gasteiger partial charge in [0.15, 0.2) is 0 Å². The van der Waals surface area contributed by atoms with E-state index in [0.717, 1.165) is 56.6 Å². The quantitative estimate of drug-likeness (QED) is 0.734. The molecule has 0 saturated carbocycles. The van der Waals surface area contributed by atoms with Crippen LogP contribution in [0.2, 0.25) is 0 Å². The fourth-order valence-electron chi connectivity index (χ4n) is 3.55. The monoisotopic (exact) mass is 355 g/mol. The van der Waals surface area contributed by atoms with Gasteiger partial charge >= 0.3 is 5.97 Å². The van der Waals surface area contributed by atoms with Crippen molar-refractivity contribution in [2.24, 2.45) is 5.16 Å². The number of hydrogen-bond acceptors (Lipinski definition) is 6. The molecule has 0 radical (unpaired) electrons. The molecule has 2 aliphatic rings. The third-order valence-corrected chi connectivity index (χ3v) is 5.11. The van der Waals surface area contributed by atoms with Crippen LogP contribution < -0.4 is 0 Å². The molecule has 0 N–H and O–H groups in total. The summed E-state index contributed by atoms with van der Waals surface area (Å²) in [5, 5.41) is 13.2. The number of nitriles is 1. The Morgan fingerprint density at radius 2 is 2.08 bits per heavy atom. The van der Waals surface area contributed by atoms with Gasteiger partial charge in [-0.1, -0.05) is 17.3 Å². The van der Waals surface area contributed by atoms with Gasteiger partial charge < -0.3 is 14.5 Å². The SMILES string of the molecule is CCOC(=O)CCCN1CCC2(CC1)CC(c1ccc(C#N)cc1)=NO2. The molecule has 0 aliphatic carbocycles. The van der Waals surface area contributed by atoms with Gasteiger partial charge in [0.05, 0.1) is 24.0 Å². The third kappa shape index (κ3) is 4.41. The molecule has 2 aliphatic heterocycles. The van der Waals surface area contributed by atoms with Gasteiger partial charge in [0.1, 0.15) is 5.60 Å². The Hall–Kier alpha value is -2.39.